The summed E-state index contributed by atoms with van der Waals surface area (Å²) >= 11 is 2.07. The van der Waals surface area contributed by atoms with E-state index < -0.39 is 53.1 Å². The summed E-state index contributed by atoms with van der Waals surface area (Å²) in [4.78, 5) is 20.7. The molecule has 4 rings (SSSR count). The fourth-order valence-corrected chi connectivity index (χ4v) is 3.99. The van der Waals surface area contributed by atoms with Crippen LogP contribution in [-0.2, 0) is 6.18 Å². The maximum Gasteiger partial charge on any atom is 0.431 e. The van der Waals surface area contributed by atoms with Gasteiger partial charge in [-0.3, -0.25) is 5.32 Å². The topological polar surface area (TPSA) is 137 Å². The van der Waals surface area contributed by atoms with Crippen LogP contribution in [0.15, 0.2) is 57.6 Å². The lowest BCUT2D eigenvalue weighted by molar-refractivity contribution is -0.137. The molecule has 2 aromatic carbocycles. The number of anilines is 1. The third kappa shape index (κ3) is 5.72. The van der Waals surface area contributed by atoms with E-state index >= 15 is 0 Å². The number of carbonyl (C=O) groups is 1. The maximum atomic E-state index is 13.5. The van der Waals surface area contributed by atoms with Gasteiger partial charge in [0.05, 0.1) is 22.9 Å². The van der Waals surface area contributed by atoms with Gasteiger partial charge in [0, 0.05) is 15.7 Å². The second kappa shape index (κ2) is 10.2. The van der Waals surface area contributed by atoms with Crippen LogP contribution in [0.5, 0.6) is 0 Å². The number of hydrogen-bond donors (Lipinski definition) is 2. The van der Waals surface area contributed by atoms with Gasteiger partial charge in [-0.2, -0.15) is 41.7 Å². The molecule has 16 heteroatoms. The normalized spacial score (nSPS) is 19.8. The first kappa shape index (κ1) is 28.8. The smallest absolute Gasteiger partial charge is 0.412 e. The minimum Gasteiger partial charge on any atom is -0.412 e. The number of amides is 2. The molecule has 0 radical (unpaired) electrons. The fourth-order valence-electron chi connectivity index (χ4n) is 3.63. The summed E-state index contributed by atoms with van der Waals surface area (Å²) in [6.45, 7) is 1.32. The minimum atomic E-state index is -4.86. The maximum absolute atomic E-state index is 13.5. The molecule has 0 fully saturated rings. The molecule has 2 aromatic rings. The molecule has 0 unspecified atom stereocenters. The van der Waals surface area contributed by atoms with Gasteiger partial charge in [-0.1, -0.05) is 0 Å². The Morgan fingerprint density at radius 3 is 2.34 bits per heavy atom. The number of urea groups is 1. The van der Waals surface area contributed by atoms with E-state index in [0.29, 0.717) is 11.8 Å². The number of amidine groups is 1. The quantitative estimate of drug-likeness (QED) is 0.351. The SMILES string of the molecule is C[C@]12CC(C(F)(F)F)=NN1C(NC(=O)Nc1ccc(I)cc1)=NC2=Nc1ccc(C#N)c(C(F)(F)F)c1.O. The summed E-state index contributed by atoms with van der Waals surface area (Å²) in [6, 6.07) is 9.87. The van der Waals surface area contributed by atoms with E-state index in [1.807, 2.05) is 0 Å². The van der Waals surface area contributed by atoms with E-state index in [1.165, 1.54) is 13.0 Å². The number of guanidine groups is 1. The number of nitrogens with zero attached hydrogens (tertiary/aromatic N) is 5. The number of fused-ring (bicyclic) bond motifs is 1. The molecule has 200 valence electrons. The molecule has 0 bridgehead atoms. The van der Waals surface area contributed by atoms with E-state index in [4.69, 9.17) is 5.26 Å². The predicted molar refractivity (Wildman–Crippen MR) is 134 cm³/mol. The van der Waals surface area contributed by atoms with Crippen molar-refractivity contribution in [3.63, 3.8) is 0 Å². The summed E-state index contributed by atoms with van der Waals surface area (Å²) in [7, 11) is 0. The van der Waals surface area contributed by atoms with Crippen molar-refractivity contribution in [2.75, 3.05) is 5.32 Å². The molecule has 0 aromatic heterocycles. The number of hydrogen-bond acceptors (Lipinski definition) is 5. The second-order valence-corrected chi connectivity index (χ2v) is 9.35. The van der Waals surface area contributed by atoms with Gasteiger partial charge in [-0.05, 0) is 72.0 Å². The van der Waals surface area contributed by atoms with Crippen molar-refractivity contribution >= 4 is 57.5 Å². The number of nitrogens with one attached hydrogen (secondary N) is 2. The molecule has 0 saturated carbocycles. The monoisotopic (exact) mass is 651 g/mol. The lowest BCUT2D eigenvalue weighted by Crippen LogP contribution is -2.48. The first-order valence-corrected chi connectivity index (χ1v) is 11.4. The molecular weight excluding hydrogens is 635 g/mol. The Morgan fingerprint density at radius 1 is 1.11 bits per heavy atom. The Hall–Kier alpha value is -3.72. The van der Waals surface area contributed by atoms with Crippen LogP contribution in [0.3, 0.4) is 0 Å². The van der Waals surface area contributed by atoms with Gasteiger partial charge >= 0.3 is 18.4 Å². The molecule has 0 saturated heterocycles. The Labute approximate surface area is 224 Å². The zero-order chi connectivity index (χ0) is 27.2. The highest BCUT2D eigenvalue weighted by Crippen LogP contribution is 2.40. The summed E-state index contributed by atoms with van der Waals surface area (Å²) in [5.41, 5.74) is -4.62. The molecule has 0 spiro atoms. The Balaban J connectivity index is 0.00000400. The molecular formula is C22H16F6IN7O2. The second-order valence-electron chi connectivity index (χ2n) is 8.10. The average molecular weight is 651 g/mol. The van der Waals surface area contributed by atoms with Crippen molar-refractivity contribution in [3.8, 4) is 6.07 Å². The number of hydrazone groups is 1. The third-order valence-electron chi connectivity index (χ3n) is 5.41. The first-order chi connectivity index (χ1) is 17.2. The van der Waals surface area contributed by atoms with Crippen LogP contribution in [0.2, 0.25) is 0 Å². The van der Waals surface area contributed by atoms with Crippen LogP contribution >= 0.6 is 22.6 Å². The molecule has 1 atom stereocenters. The van der Waals surface area contributed by atoms with Gasteiger partial charge in [0.1, 0.15) is 11.3 Å². The molecule has 0 aliphatic carbocycles. The number of alkyl halides is 6. The molecule has 2 heterocycles. The molecule has 9 nitrogen and oxygen atoms in total. The Morgan fingerprint density at radius 2 is 1.76 bits per heavy atom. The molecule has 4 N–H and O–H groups in total. The van der Waals surface area contributed by atoms with Crippen molar-refractivity contribution in [2.24, 2.45) is 15.1 Å². The lowest BCUT2D eigenvalue weighted by Gasteiger charge is -2.26. The zero-order valence-corrected chi connectivity index (χ0v) is 21.2. The van der Waals surface area contributed by atoms with Crippen molar-refractivity contribution in [2.45, 2.75) is 31.2 Å². The summed E-state index contributed by atoms with van der Waals surface area (Å²) in [6.07, 6.45) is -10.4. The van der Waals surface area contributed by atoms with Gasteiger partial charge in [0.25, 0.3) is 0 Å². The van der Waals surface area contributed by atoms with Crippen LogP contribution in [0.4, 0.5) is 42.5 Å². The summed E-state index contributed by atoms with van der Waals surface area (Å²) in [5, 5.41) is 18.2. The molecule has 2 amide bonds. The molecule has 38 heavy (non-hydrogen) atoms. The highest BCUT2D eigenvalue weighted by Gasteiger charge is 2.56. The molecule has 2 aliphatic heterocycles. The fraction of sp³-hybridized carbons (Fsp3) is 0.227. The largest absolute Gasteiger partial charge is 0.431 e. The van der Waals surface area contributed by atoms with Crippen LogP contribution in [0, 0.1) is 14.9 Å². The van der Waals surface area contributed by atoms with Crippen LogP contribution < -0.4 is 10.6 Å². The molecule has 2 aliphatic rings. The predicted octanol–water partition coefficient (Wildman–Crippen LogP) is 4.96. The van der Waals surface area contributed by atoms with Crippen molar-refractivity contribution < 1.29 is 36.6 Å². The summed E-state index contributed by atoms with van der Waals surface area (Å²) in [5.74, 6) is -0.703. The Bertz CT molecular complexity index is 1400. The number of halogens is 7. The van der Waals surface area contributed by atoms with Crippen molar-refractivity contribution in [1.82, 2.24) is 10.3 Å². The number of benzene rings is 2. The van der Waals surface area contributed by atoms with Gasteiger partial charge in [0.2, 0.25) is 5.96 Å². The first-order valence-electron chi connectivity index (χ1n) is 10.3. The third-order valence-corrected chi connectivity index (χ3v) is 6.13. The van der Waals surface area contributed by atoms with E-state index in [0.717, 1.165) is 20.7 Å². The van der Waals surface area contributed by atoms with Gasteiger partial charge in [-0.25, -0.2) is 14.8 Å². The Kier molecular flexibility index (Phi) is 7.75. The number of aliphatic imine (C=N–C) groups is 2. The van der Waals surface area contributed by atoms with Crippen LogP contribution in [0.1, 0.15) is 24.5 Å². The standard InChI is InChI=1S/C22H14F6IN7O.H2O/c1-20-9-16(22(26,27)28)35-36(20)18(34-19(37)32-13-6-3-12(29)4-7-13)33-17(20)31-14-5-2-11(10-30)15(8-14)21(23,24)25;/h2-8H,9H2,1H3,(H2,31,32,33,34,37);1H2/t20-;/m1./s1. The highest BCUT2D eigenvalue weighted by atomic mass is 127. The number of rotatable bonds is 2. The van der Waals surface area contributed by atoms with E-state index in [9.17, 15) is 31.1 Å². The van der Waals surface area contributed by atoms with E-state index in [2.05, 4.69) is 48.3 Å². The van der Waals surface area contributed by atoms with Crippen LogP contribution in [0.25, 0.3) is 0 Å². The highest BCUT2D eigenvalue weighted by molar-refractivity contribution is 14.1. The number of carbonyl (C=O) groups excluding carboxylic acids is 1. The van der Waals surface area contributed by atoms with E-state index in [-0.39, 0.29) is 17.0 Å². The van der Waals surface area contributed by atoms with Gasteiger partial charge in [-0.15, -0.1) is 0 Å². The van der Waals surface area contributed by atoms with E-state index in [1.54, 1.807) is 24.3 Å². The average Bonchev–Trinajstić information content (AvgIpc) is 3.28. The summed E-state index contributed by atoms with van der Waals surface area (Å²) < 4.78 is 81.5. The van der Waals surface area contributed by atoms with Crippen molar-refractivity contribution in [3.05, 3.63) is 57.2 Å². The number of nitriles is 1. The zero-order valence-electron chi connectivity index (χ0n) is 19.0. The lowest BCUT2D eigenvalue weighted by atomic mass is 9.95. The van der Waals surface area contributed by atoms with Crippen molar-refractivity contribution in [1.29, 1.82) is 5.26 Å². The van der Waals surface area contributed by atoms with Gasteiger partial charge in [0.15, 0.2) is 5.84 Å². The minimum absolute atomic E-state index is 0. The van der Waals surface area contributed by atoms with Gasteiger partial charge < -0.3 is 10.8 Å². The van der Waals surface area contributed by atoms with Crippen LogP contribution in [-0.4, -0.2) is 45.7 Å².